The Kier molecular flexibility index (Phi) is 3.48. The van der Waals surface area contributed by atoms with Crippen LogP contribution in [0.25, 0.3) is 0 Å². The third kappa shape index (κ3) is 2.50. The van der Waals surface area contributed by atoms with Crippen molar-refractivity contribution in [1.29, 1.82) is 0 Å². The van der Waals surface area contributed by atoms with Crippen LogP contribution in [0.5, 0.6) is 0 Å². The number of aliphatic hydroxyl groups is 1. The maximum atomic E-state index is 11.1. The first-order chi connectivity index (χ1) is 8.11. The van der Waals surface area contributed by atoms with Crippen molar-refractivity contribution in [3.05, 3.63) is 29.3 Å². The lowest BCUT2D eigenvalue weighted by molar-refractivity contribution is 0.112. The molecule has 3 nitrogen and oxygen atoms in total. The molecule has 92 valence electrons. The molecule has 1 aliphatic rings. The number of aryl methyl sites for hydroxylation is 1. The molecule has 0 radical (unpaired) electrons. The molecule has 0 aliphatic carbocycles. The first-order valence-electron chi connectivity index (χ1n) is 6.10. The van der Waals surface area contributed by atoms with Crippen LogP contribution in [0.15, 0.2) is 18.2 Å². The smallest absolute Gasteiger partial charge is 0.152 e. The number of anilines is 1. The topological polar surface area (TPSA) is 40.5 Å². The molecule has 0 bridgehead atoms. The summed E-state index contributed by atoms with van der Waals surface area (Å²) in [6, 6.07) is 5.94. The van der Waals surface area contributed by atoms with Gasteiger partial charge in [-0.2, -0.15) is 0 Å². The predicted octanol–water partition coefficient (Wildman–Crippen LogP) is 2.01. The monoisotopic (exact) mass is 233 g/mol. The quantitative estimate of drug-likeness (QED) is 0.812. The third-order valence-electron chi connectivity index (χ3n) is 3.56. The Balaban J connectivity index is 2.21. The van der Waals surface area contributed by atoms with E-state index in [9.17, 15) is 9.90 Å². The predicted molar refractivity (Wildman–Crippen MR) is 68.6 cm³/mol. The van der Waals surface area contributed by atoms with Gasteiger partial charge in [0.2, 0.25) is 0 Å². The average molecular weight is 233 g/mol. The van der Waals surface area contributed by atoms with Crippen molar-refractivity contribution in [3.8, 4) is 0 Å². The van der Waals surface area contributed by atoms with E-state index in [0.29, 0.717) is 5.92 Å². The van der Waals surface area contributed by atoms with E-state index < -0.39 is 0 Å². The number of aliphatic hydroxyl groups excluding tert-OH is 1. The van der Waals surface area contributed by atoms with Crippen LogP contribution < -0.4 is 4.90 Å². The van der Waals surface area contributed by atoms with Crippen LogP contribution in [0, 0.1) is 12.8 Å². The van der Waals surface area contributed by atoms with Gasteiger partial charge >= 0.3 is 0 Å². The van der Waals surface area contributed by atoms with Crippen molar-refractivity contribution in [2.45, 2.75) is 26.4 Å². The molecule has 0 aromatic heterocycles. The molecule has 1 aromatic rings. The fourth-order valence-electron chi connectivity index (χ4n) is 2.46. The molecule has 17 heavy (non-hydrogen) atoms. The van der Waals surface area contributed by atoms with Gasteiger partial charge in [0.1, 0.15) is 0 Å². The van der Waals surface area contributed by atoms with Crippen LogP contribution in [0.4, 0.5) is 5.69 Å². The molecule has 0 spiro atoms. The van der Waals surface area contributed by atoms with Crippen molar-refractivity contribution in [2.24, 2.45) is 5.92 Å². The molecule has 2 atom stereocenters. The Morgan fingerprint density at radius 2 is 2.29 bits per heavy atom. The summed E-state index contributed by atoms with van der Waals surface area (Å²) < 4.78 is 0. The summed E-state index contributed by atoms with van der Waals surface area (Å²) in [5, 5.41) is 9.59. The minimum absolute atomic E-state index is 0.273. The lowest BCUT2D eigenvalue weighted by Crippen LogP contribution is -2.24. The number of aldehydes is 1. The van der Waals surface area contributed by atoms with Gasteiger partial charge < -0.3 is 10.0 Å². The first-order valence-corrected chi connectivity index (χ1v) is 6.10. The molecule has 2 unspecified atom stereocenters. The zero-order valence-electron chi connectivity index (χ0n) is 10.4. The van der Waals surface area contributed by atoms with E-state index in [4.69, 9.17) is 0 Å². The number of nitrogens with zero attached hydrogens (tertiary/aromatic N) is 1. The summed E-state index contributed by atoms with van der Waals surface area (Å²) >= 11 is 0. The van der Waals surface area contributed by atoms with Crippen molar-refractivity contribution in [1.82, 2.24) is 0 Å². The van der Waals surface area contributed by atoms with Crippen molar-refractivity contribution >= 4 is 12.0 Å². The number of benzene rings is 1. The Morgan fingerprint density at radius 1 is 1.53 bits per heavy atom. The van der Waals surface area contributed by atoms with Crippen molar-refractivity contribution < 1.29 is 9.90 Å². The number of hydrogen-bond donors (Lipinski definition) is 1. The summed E-state index contributed by atoms with van der Waals surface area (Å²) in [5.74, 6) is 0.316. The Hall–Kier alpha value is -1.35. The highest BCUT2D eigenvalue weighted by Gasteiger charge is 2.27. The van der Waals surface area contributed by atoms with E-state index in [0.717, 1.165) is 42.6 Å². The summed E-state index contributed by atoms with van der Waals surface area (Å²) in [4.78, 5) is 13.3. The Bertz CT molecular complexity index is 415. The van der Waals surface area contributed by atoms with Gasteiger partial charge in [0.15, 0.2) is 6.29 Å². The van der Waals surface area contributed by atoms with Crippen LogP contribution in [0.1, 0.15) is 29.3 Å². The second kappa shape index (κ2) is 4.88. The van der Waals surface area contributed by atoms with Gasteiger partial charge in [0.05, 0.1) is 6.10 Å². The van der Waals surface area contributed by atoms with E-state index in [1.807, 2.05) is 32.0 Å². The molecule has 1 aliphatic heterocycles. The number of hydrogen-bond acceptors (Lipinski definition) is 3. The molecule has 0 amide bonds. The number of carbonyl (C=O) groups is 1. The van der Waals surface area contributed by atoms with E-state index >= 15 is 0 Å². The number of carbonyl (C=O) groups excluding carboxylic acids is 1. The second-order valence-corrected chi connectivity index (χ2v) is 4.92. The van der Waals surface area contributed by atoms with Crippen molar-refractivity contribution in [2.75, 3.05) is 18.0 Å². The maximum absolute atomic E-state index is 11.1. The SMILES string of the molecule is Cc1ccc(N2CCC(C(C)O)C2)c(C=O)c1. The summed E-state index contributed by atoms with van der Waals surface area (Å²) in [7, 11) is 0. The van der Waals surface area contributed by atoms with Gasteiger partial charge in [-0.1, -0.05) is 11.6 Å². The van der Waals surface area contributed by atoms with Gasteiger partial charge in [-0.25, -0.2) is 0 Å². The van der Waals surface area contributed by atoms with Crippen molar-refractivity contribution in [3.63, 3.8) is 0 Å². The zero-order valence-corrected chi connectivity index (χ0v) is 10.4. The average Bonchev–Trinajstić information content (AvgIpc) is 2.78. The normalized spacial score (nSPS) is 21.6. The van der Waals surface area contributed by atoms with Gasteiger partial charge in [0, 0.05) is 30.3 Å². The third-order valence-corrected chi connectivity index (χ3v) is 3.56. The Morgan fingerprint density at radius 3 is 2.88 bits per heavy atom. The second-order valence-electron chi connectivity index (χ2n) is 4.92. The van der Waals surface area contributed by atoms with Crippen LogP contribution in [0.3, 0.4) is 0 Å². The first kappa shape index (κ1) is 12.1. The van der Waals surface area contributed by atoms with E-state index in [1.54, 1.807) is 0 Å². The fourth-order valence-corrected chi connectivity index (χ4v) is 2.46. The summed E-state index contributed by atoms with van der Waals surface area (Å²) in [6.07, 6.45) is 1.63. The zero-order chi connectivity index (χ0) is 12.4. The molecule has 3 heteroatoms. The van der Waals surface area contributed by atoms with E-state index in [-0.39, 0.29) is 6.10 Å². The highest BCUT2D eigenvalue weighted by Crippen LogP contribution is 2.28. The molecule has 0 saturated carbocycles. The van der Waals surface area contributed by atoms with Gasteiger partial charge in [0.25, 0.3) is 0 Å². The molecule has 1 heterocycles. The van der Waals surface area contributed by atoms with Gasteiger partial charge in [-0.15, -0.1) is 0 Å². The molecular formula is C14H19NO2. The highest BCUT2D eigenvalue weighted by atomic mass is 16.3. The maximum Gasteiger partial charge on any atom is 0.152 e. The molecular weight excluding hydrogens is 214 g/mol. The lowest BCUT2D eigenvalue weighted by atomic mass is 10.0. The van der Waals surface area contributed by atoms with Crippen LogP contribution in [-0.2, 0) is 0 Å². The molecule has 2 rings (SSSR count). The van der Waals surface area contributed by atoms with E-state index in [2.05, 4.69) is 4.90 Å². The molecule has 1 N–H and O–H groups in total. The van der Waals surface area contributed by atoms with Crippen LogP contribution in [0.2, 0.25) is 0 Å². The standard InChI is InChI=1S/C14H19NO2/c1-10-3-4-14(13(7-10)9-16)15-6-5-12(8-15)11(2)17/h3-4,7,9,11-12,17H,5-6,8H2,1-2H3. The van der Waals surface area contributed by atoms with Crippen LogP contribution >= 0.6 is 0 Å². The summed E-state index contributed by atoms with van der Waals surface area (Å²) in [6.45, 7) is 5.57. The molecule has 1 fully saturated rings. The largest absolute Gasteiger partial charge is 0.393 e. The van der Waals surface area contributed by atoms with Gasteiger partial charge in [-0.3, -0.25) is 4.79 Å². The van der Waals surface area contributed by atoms with Crippen LogP contribution in [-0.4, -0.2) is 30.6 Å². The summed E-state index contributed by atoms with van der Waals surface area (Å²) in [5.41, 5.74) is 2.84. The minimum atomic E-state index is -0.273. The Labute approximate surface area is 102 Å². The fraction of sp³-hybridized carbons (Fsp3) is 0.500. The molecule has 1 aromatic carbocycles. The highest BCUT2D eigenvalue weighted by molar-refractivity contribution is 5.85. The number of rotatable bonds is 3. The lowest BCUT2D eigenvalue weighted by Gasteiger charge is -2.21. The van der Waals surface area contributed by atoms with E-state index in [1.165, 1.54) is 0 Å². The van der Waals surface area contributed by atoms with Gasteiger partial charge in [-0.05, 0) is 32.4 Å². The molecule has 1 saturated heterocycles. The minimum Gasteiger partial charge on any atom is -0.393 e.